The number of nitrogen functional groups attached to an aromatic ring is 1. The maximum absolute atomic E-state index is 11.6. The third kappa shape index (κ3) is 13.1. The number of nitrogens with zero attached hydrogens (tertiary/aromatic N) is 17. The van der Waals surface area contributed by atoms with Crippen molar-refractivity contribution in [2.24, 2.45) is 0 Å². The van der Waals surface area contributed by atoms with Gasteiger partial charge < -0.3 is 26.2 Å². The van der Waals surface area contributed by atoms with Crippen molar-refractivity contribution in [1.82, 2.24) is 74.2 Å². The molecule has 0 radical (unpaired) electrons. The number of halogens is 1. The van der Waals surface area contributed by atoms with Gasteiger partial charge in [-0.1, -0.05) is 11.6 Å². The molecule has 77 heavy (non-hydrogen) atoms. The molecule has 11 heterocycles. The lowest BCUT2D eigenvalue weighted by Crippen LogP contribution is -2.18. The van der Waals surface area contributed by atoms with E-state index >= 15 is 0 Å². The molecule has 9 aromatic rings. The number of anilines is 5. The van der Waals surface area contributed by atoms with Crippen LogP contribution < -0.4 is 26.2 Å². The van der Waals surface area contributed by atoms with Crippen molar-refractivity contribution in [3.8, 4) is 51.6 Å². The van der Waals surface area contributed by atoms with Crippen LogP contribution in [0.3, 0.4) is 0 Å². The van der Waals surface area contributed by atoms with Gasteiger partial charge in [-0.3, -0.25) is 9.59 Å². The second-order valence-electron chi connectivity index (χ2n) is 18.8. The summed E-state index contributed by atoms with van der Waals surface area (Å²) in [5, 5.41) is 19.1. The van der Waals surface area contributed by atoms with Crippen LogP contribution >= 0.6 is 11.6 Å². The van der Waals surface area contributed by atoms with E-state index in [-0.39, 0.29) is 11.8 Å². The summed E-state index contributed by atoms with van der Waals surface area (Å²) >= 11 is 5.96. The van der Waals surface area contributed by atoms with Crippen molar-refractivity contribution < 1.29 is 9.59 Å². The first-order valence-electron chi connectivity index (χ1n) is 25.2. The zero-order valence-electron chi connectivity index (χ0n) is 44.2. The van der Waals surface area contributed by atoms with Gasteiger partial charge in [-0.15, -0.1) is 0 Å². The van der Waals surface area contributed by atoms with Gasteiger partial charge >= 0.3 is 0 Å². The fourth-order valence-electron chi connectivity index (χ4n) is 8.99. The number of aryl methyl sites for hydroxylation is 6. The van der Waals surface area contributed by atoms with E-state index in [1.165, 1.54) is 39.5 Å². The van der Waals surface area contributed by atoms with Crippen LogP contribution in [0.5, 0.6) is 0 Å². The van der Waals surface area contributed by atoms with Crippen LogP contribution in [-0.4, -0.2) is 112 Å². The molecule has 0 bridgehead atoms. The maximum atomic E-state index is 11.6. The SMILES string of the molecule is CC(=O)Nc1cc(-c2ccnc(Cl)c2)nc(-n2nc(C)cc2C)n1.CC(=O)Nc1cc(-c2ccnc(N3CCCC3)c2)nc(-n2nc(C)cc2C)n1.Cc1cc(C)n(-c2nc(N)cc(-c3ccnc(N4CCCC4)c3)n2)n1. The summed E-state index contributed by atoms with van der Waals surface area (Å²) in [4.78, 5) is 67.7. The van der Waals surface area contributed by atoms with Gasteiger partial charge in [0.15, 0.2) is 0 Å². The zero-order valence-corrected chi connectivity index (χ0v) is 44.9. The molecular formula is C54H59ClN20O2. The van der Waals surface area contributed by atoms with Gasteiger partial charge in [0.1, 0.15) is 34.2 Å². The predicted octanol–water partition coefficient (Wildman–Crippen LogP) is 8.38. The number of amides is 2. The number of rotatable bonds is 10. The number of carbonyl (C=O) groups is 2. The largest absolute Gasteiger partial charge is 0.384 e. The van der Waals surface area contributed by atoms with Crippen molar-refractivity contribution in [1.29, 1.82) is 0 Å². The molecule has 2 amide bonds. The smallest absolute Gasteiger partial charge is 0.253 e. The van der Waals surface area contributed by atoms with Gasteiger partial charge in [0.25, 0.3) is 17.8 Å². The summed E-state index contributed by atoms with van der Waals surface area (Å²) in [6.45, 7) is 18.6. The second kappa shape index (κ2) is 23.2. The summed E-state index contributed by atoms with van der Waals surface area (Å²) in [7, 11) is 0. The van der Waals surface area contributed by atoms with Crippen molar-refractivity contribution in [3.63, 3.8) is 0 Å². The van der Waals surface area contributed by atoms with Crippen molar-refractivity contribution >= 4 is 52.5 Å². The summed E-state index contributed by atoms with van der Waals surface area (Å²) in [6, 6.07) is 22.6. The van der Waals surface area contributed by atoms with E-state index in [9.17, 15) is 9.59 Å². The Morgan fingerprint density at radius 1 is 0.481 bits per heavy atom. The highest BCUT2D eigenvalue weighted by Gasteiger charge is 2.19. The van der Waals surface area contributed by atoms with Crippen molar-refractivity contribution in [2.75, 3.05) is 52.3 Å². The van der Waals surface area contributed by atoms with Crippen LogP contribution in [0.1, 0.15) is 73.7 Å². The molecule has 23 heteroatoms. The van der Waals surface area contributed by atoms with E-state index in [0.717, 1.165) is 94.4 Å². The minimum Gasteiger partial charge on any atom is -0.384 e. The molecule has 394 valence electrons. The first-order chi connectivity index (χ1) is 37.0. The molecule has 0 atom stereocenters. The Balaban J connectivity index is 0.000000141. The summed E-state index contributed by atoms with van der Waals surface area (Å²) in [5.41, 5.74) is 16.3. The lowest BCUT2D eigenvalue weighted by atomic mass is 10.2. The third-order valence-electron chi connectivity index (χ3n) is 12.3. The van der Waals surface area contributed by atoms with E-state index in [0.29, 0.717) is 51.8 Å². The van der Waals surface area contributed by atoms with Gasteiger partial charge in [-0.25, -0.2) is 43.9 Å². The van der Waals surface area contributed by atoms with Crippen molar-refractivity contribution in [2.45, 2.75) is 81.1 Å². The normalized spacial score (nSPS) is 12.9. The standard InChI is InChI=1S/C20H23N7O.C18H21N7.C16H15ClN6O/c1-13-10-14(2)27(25-13)20-23-17(12-18(24-20)22-15(3)28)16-6-7-21-19(11-16)26-8-4-5-9-26;1-12-9-13(2)25(23-12)18-21-15(11-16(19)22-18)14-5-6-20-17(10-14)24-7-3-4-8-24;1-9-6-10(2)23(22-9)16-20-13(8-15(21-16)19-11(3)24)12-4-5-18-14(17)7-12/h6-7,10-12H,4-5,8-9H2,1-3H3,(H,22,23,24,28);5-6,9-11H,3-4,7-8H2,1-2H3,(H2,19,21,22);4-8H,1-3H3,(H,19,20,21,24). The fraction of sp³-hybridized carbons (Fsp3) is 0.296. The molecule has 2 saturated heterocycles. The van der Waals surface area contributed by atoms with Crippen LogP contribution in [0.2, 0.25) is 5.15 Å². The van der Waals surface area contributed by atoms with Gasteiger partial charge in [-0.2, -0.15) is 30.2 Å². The molecule has 0 aliphatic carbocycles. The molecule has 2 fully saturated rings. The van der Waals surface area contributed by atoms with Crippen LogP contribution in [0, 0.1) is 41.5 Å². The highest BCUT2D eigenvalue weighted by Crippen LogP contribution is 2.29. The predicted molar refractivity (Wildman–Crippen MR) is 297 cm³/mol. The second-order valence-corrected chi connectivity index (χ2v) is 19.2. The molecule has 9 aromatic heterocycles. The summed E-state index contributed by atoms with van der Waals surface area (Å²) < 4.78 is 5.04. The van der Waals surface area contributed by atoms with Crippen LogP contribution in [0.15, 0.2) is 91.4 Å². The molecule has 22 nitrogen and oxygen atoms in total. The van der Waals surface area contributed by atoms with E-state index < -0.39 is 0 Å². The number of nitrogens with one attached hydrogen (secondary N) is 2. The minimum absolute atomic E-state index is 0.184. The Hall–Kier alpha value is -9.05. The van der Waals surface area contributed by atoms with Crippen LogP contribution in [0.25, 0.3) is 51.6 Å². The molecule has 2 aliphatic heterocycles. The number of carbonyl (C=O) groups excluding carboxylic acids is 2. The lowest BCUT2D eigenvalue weighted by Gasteiger charge is -2.17. The quantitative estimate of drug-likeness (QED) is 0.109. The van der Waals surface area contributed by atoms with E-state index in [4.69, 9.17) is 22.3 Å². The van der Waals surface area contributed by atoms with Gasteiger partial charge in [0, 0.05) is 111 Å². The third-order valence-corrected chi connectivity index (χ3v) is 12.5. The molecule has 0 saturated carbocycles. The summed E-state index contributed by atoms with van der Waals surface area (Å²) in [6.07, 6.45) is 10.0. The Labute approximate surface area is 450 Å². The highest BCUT2D eigenvalue weighted by molar-refractivity contribution is 6.29. The maximum Gasteiger partial charge on any atom is 0.253 e. The van der Waals surface area contributed by atoms with Gasteiger partial charge in [0.05, 0.1) is 34.2 Å². The number of hydrogen-bond acceptors (Lipinski definition) is 17. The summed E-state index contributed by atoms with van der Waals surface area (Å²) in [5.74, 6) is 4.07. The molecule has 2 aliphatic rings. The van der Waals surface area contributed by atoms with Crippen LogP contribution in [-0.2, 0) is 9.59 Å². The average Bonchev–Trinajstić information content (AvgIpc) is 4.28. The van der Waals surface area contributed by atoms with Crippen molar-refractivity contribution in [3.05, 3.63) is 131 Å². The minimum atomic E-state index is -0.216. The fourth-order valence-corrected chi connectivity index (χ4v) is 9.16. The van der Waals surface area contributed by atoms with Crippen LogP contribution in [0.4, 0.5) is 29.1 Å². The number of pyridine rings is 3. The van der Waals surface area contributed by atoms with Gasteiger partial charge in [-0.05, 0) is 122 Å². The first-order valence-corrected chi connectivity index (χ1v) is 25.5. The van der Waals surface area contributed by atoms with E-state index in [1.807, 2.05) is 84.1 Å². The molecule has 0 spiro atoms. The van der Waals surface area contributed by atoms with E-state index in [2.05, 4.69) is 81.7 Å². The lowest BCUT2D eigenvalue weighted by molar-refractivity contribution is -0.115. The highest BCUT2D eigenvalue weighted by atomic mass is 35.5. The Morgan fingerprint density at radius 2 is 0.844 bits per heavy atom. The zero-order chi connectivity index (χ0) is 54.3. The molecule has 0 aromatic carbocycles. The Morgan fingerprint density at radius 3 is 1.21 bits per heavy atom. The van der Waals surface area contributed by atoms with E-state index in [1.54, 1.807) is 56.8 Å². The molecule has 0 unspecified atom stereocenters. The molecular weight excluding hydrogens is 996 g/mol. The number of aromatic nitrogens is 15. The first kappa shape index (κ1) is 52.8. The number of nitrogens with two attached hydrogens (primary N) is 1. The Bertz CT molecular complexity index is 3600. The molecule has 4 N–H and O–H groups in total. The number of hydrogen-bond donors (Lipinski definition) is 3. The topological polar surface area (TPSA) is 260 Å². The molecule has 11 rings (SSSR count). The average molecular weight is 1060 g/mol. The Kier molecular flexibility index (Phi) is 15.9. The van der Waals surface area contributed by atoms with Gasteiger partial charge in [0.2, 0.25) is 11.8 Å². The monoisotopic (exact) mass is 1050 g/mol.